The fraction of sp³-hybridized carbons (Fsp3) is 0.143. The molecule has 4 nitrogen and oxygen atoms in total. The number of methoxy groups -OCH3 is 1. The first kappa shape index (κ1) is 14.7. The molecule has 0 aliphatic rings. The minimum absolute atomic E-state index is 0.0565. The molecule has 0 bridgehead atoms. The number of alkyl halides is 3. The van der Waals surface area contributed by atoms with Crippen molar-refractivity contribution in [3.8, 4) is 23.3 Å². The van der Waals surface area contributed by atoms with Crippen molar-refractivity contribution in [3.63, 3.8) is 0 Å². The number of nitriles is 1. The number of rotatable bonds is 3. The number of nitrogens with zero attached hydrogens (tertiary/aromatic N) is 2. The Morgan fingerprint density at radius 3 is 2.52 bits per heavy atom. The van der Waals surface area contributed by atoms with E-state index in [1.807, 2.05) is 6.07 Å². The molecule has 2 rings (SSSR count). The van der Waals surface area contributed by atoms with Gasteiger partial charge in [-0.25, -0.2) is 0 Å². The maximum absolute atomic E-state index is 12.6. The van der Waals surface area contributed by atoms with Crippen LogP contribution in [0.25, 0.3) is 0 Å². The van der Waals surface area contributed by atoms with Crippen molar-refractivity contribution >= 4 is 0 Å². The predicted octanol–water partition coefficient (Wildman–Crippen LogP) is 3.77. The van der Waals surface area contributed by atoms with Crippen LogP contribution in [-0.4, -0.2) is 12.1 Å². The van der Waals surface area contributed by atoms with Crippen LogP contribution in [0.4, 0.5) is 13.2 Å². The average Bonchev–Trinajstić information content (AvgIpc) is 2.47. The standard InChI is InChI=1S/C14H9F3N2O2/c1-20-10-2-3-12(9(6-10)8-18)21-11-4-5-19-13(7-11)14(15,16)17/h2-7H,1H3. The first-order valence-electron chi connectivity index (χ1n) is 5.73. The van der Waals surface area contributed by atoms with Crippen LogP contribution in [0, 0.1) is 11.3 Å². The van der Waals surface area contributed by atoms with Crippen LogP contribution < -0.4 is 9.47 Å². The van der Waals surface area contributed by atoms with Gasteiger partial charge in [0.25, 0.3) is 0 Å². The molecule has 21 heavy (non-hydrogen) atoms. The van der Waals surface area contributed by atoms with E-state index >= 15 is 0 Å². The highest BCUT2D eigenvalue weighted by atomic mass is 19.4. The van der Waals surface area contributed by atoms with E-state index in [2.05, 4.69) is 4.98 Å². The van der Waals surface area contributed by atoms with Crippen LogP contribution in [0.5, 0.6) is 17.2 Å². The van der Waals surface area contributed by atoms with Crippen LogP contribution in [0.3, 0.4) is 0 Å². The van der Waals surface area contributed by atoms with E-state index in [0.29, 0.717) is 5.75 Å². The van der Waals surface area contributed by atoms with Crippen LogP contribution in [0.15, 0.2) is 36.5 Å². The second kappa shape index (κ2) is 5.71. The van der Waals surface area contributed by atoms with Crippen LogP contribution in [0.1, 0.15) is 11.3 Å². The molecule has 0 fully saturated rings. The zero-order chi connectivity index (χ0) is 15.5. The number of hydrogen-bond donors (Lipinski definition) is 0. The molecular formula is C14H9F3N2O2. The van der Waals surface area contributed by atoms with Gasteiger partial charge in [0, 0.05) is 18.3 Å². The minimum atomic E-state index is -4.56. The second-order valence-electron chi connectivity index (χ2n) is 3.95. The highest BCUT2D eigenvalue weighted by molar-refractivity contribution is 5.49. The van der Waals surface area contributed by atoms with Gasteiger partial charge in [0.05, 0.1) is 12.7 Å². The molecule has 1 heterocycles. The Kier molecular flexibility index (Phi) is 3.98. The summed E-state index contributed by atoms with van der Waals surface area (Å²) in [5.41, 5.74) is -0.910. The van der Waals surface area contributed by atoms with Gasteiger partial charge in [-0.05, 0) is 18.2 Å². The van der Waals surface area contributed by atoms with E-state index in [-0.39, 0.29) is 17.1 Å². The molecule has 7 heteroatoms. The van der Waals surface area contributed by atoms with E-state index in [4.69, 9.17) is 14.7 Å². The summed E-state index contributed by atoms with van der Waals surface area (Å²) in [4.78, 5) is 3.23. The molecule has 0 aliphatic heterocycles. The second-order valence-corrected chi connectivity index (χ2v) is 3.95. The molecule has 0 amide bonds. The smallest absolute Gasteiger partial charge is 0.433 e. The van der Waals surface area contributed by atoms with Gasteiger partial charge in [-0.2, -0.15) is 18.4 Å². The fourth-order valence-electron chi connectivity index (χ4n) is 1.57. The first-order chi connectivity index (χ1) is 9.94. The number of hydrogen-bond acceptors (Lipinski definition) is 4. The maximum Gasteiger partial charge on any atom is 0.433 e. The van der Waals surface area contributed by atoms with Gasteiger partial charge in [0.2, 0.25) is 0 Å². The predicted molar refractivity (Wildman–Crippen MR) is 67.0 cm³/mol. The van der Waals surface area contributed by atoms with Crippen molar-refractivity contribution < 1.29 is 22.6 Å². The van der Waals surface area contributed by atoms with Crippen LogP contribution in [-0.2, 0) is 6.18 Å². The normalized spacial score (nSPS) is 10.8. The summed E-state index contributed by atoms with van der Waals surface area (Å²) in [5.74, 6) is 0.529. The lowest BCUT2D eigenvalue weighted by Crippen LogP contribution is -2.07. The lowest BCUT2D eigenvalue weighted by Gasteiger charge is -2.10. The lowest BCUT2D eigenvalue weighted by molar-refractivity contribution is -0.141. The Morgan fingerprint density at radius 1 is 1.14 bits per heavy atom. The van der Waals surface area contributed by atoms with Gasteiger partial charge < -0.3 is 9.47 Å². The van der Waals surface area contributed by atoms with Gasteiger partial charge >= 0.3 is 6.18 Å². The molecule has 0 unspecified atom stereocenters. The quantitative estimate of drug-likeness (QED) is 0.864. The van der Waals surface area contributed by atoms with Gasteiger partial charge in [0.1, 0.15) is 29.0 Å². The maximum atomic E-state index is 12.6. The highest BCUT2D eigenvalue weighted by Gasteiger charge is 2.32. The zero-order valence-electron chi connectivity index (χ0n) is 10.8. The largest absolute Gasteiger partial charge is 0.497 e. The summed E-state index contributed by atoms with van der Waals surface area (Å²) in [6.07, 6.45) is -3.56. The minimum Gasteiger partial charge on any atom is -0.497 e. The van der Waals surface area contributed by atoms with Crippen LogP contribution in [0.2, 0.25) is 0 Å². The van der Waals surface area contributed by atoms with Crippen LogP contribution >= 0.6 is 0 Å². The van der Waals surface area contributed by atoms with Crippen molar-refractivity contribution in [1.29, 1.82) is 5.26 Å². The van der Waals surface area contributed by atoms with Crippen molar-refractivity contribution in [2.24, 2.45) is 0 Å². The van der Waals surface area contributed by atoms with E-state index in [0.717, 1.165) is 12.3 Å². The van der Waals surface area contributed by atoms with Gasteiger partial charge in [-0.1, -0.05) is 0 Å². The van der Waals surface area contributed by atoms with Crippen molar-refractivity contribution in [2.75, 3.05) is 7.11 Å². The third-order valence-corrected chi connectivity index (χ3v) is 2.56. The van der Waals surface area contributed by atoms with Gasteiger partial charge in [0.15, 0.2) is 0 Å². The van der Waals surface area contributed by atoms with E-state index in [1.165, 1.54) is 25.3 Å². The molecule has 0 aliphatic carbocycles. The first-order valence-corrected chi connectivity index (χ1v) is 5.73. The Labute approximate surface area is 118 Å². The molecule has 0 saturated carbocycles. The monoisotopic (exact) mass is 294 g/mol. The topological polar surface area (TPSA) is 55.1 Å². The SMILES string of the molecule is COc1ccc(Oc2ccnc(C(F)(F)F)c2)c(C#N)c1. The van der Waals surface area contributed by atoms with Gasteiger partial charge in [-0.3, -0.25) is 4.98 Å². The lowest BCUT2D eigenvalue weighted by atomic mass is 10.2. The molecule has 0 radical (unpaired) electrons. The summed E-state index contributed by atoms with van der Waals surface area (Å²) in [6, 6.07) is 8.37. The molecule has 1 aromatic heterocycles. The Morgan fingerprint density at radius 2 is 1.90 bits per heavy atom. The molecule has 2 aromatic rings. The molecule has 108 valence electrons. The number of benzene rings is 1. The molecular weight excluding hydrogens is 285 g/mol. The molecule has 0 saturated heterocycles. The number of halogens is 3. The van der Waals surface area contributed by atoms with Crippen molar-refractivity contribution in [1.82, 2.24) is 4.98 Å². The summed E-state index contributed by atoms with van der Waals surface area (Å²) < 4.78 is 48.0. The summed E-state index contributed by atoms with van der Waals surface area (Å²) in [7, 11) is 1.44. The van der Waals surface area contributed by atoms with Crippen molar-refractivity contribution in [3.05, 3.63) is 47.8 Å². The van der Waals surface area contributed by atoms with E-state index in [9.17, 15) is 13.2 Å². The Hall–Kier alpha value is -2.75. The summed E-state index contributed by atoms with van der Waals surface area (Å²) in [6.45, 7) is 0. The fourth-order valence-corrected chi connectivity index (χ4v) is 1.57. The van der Waals surface area contributed by atoms with E-state index in [1.54, 1.807) is 6.07 Å². The third kappa shape index (κ3) is 3.42. The highest BCUT2D eigenvalue weighted by Crippen LogP contribution is 2.32. The molecule has 0 spiro atoms. The molecule has 0 atom stereocenters. The number of ether oxygens (including phenoxy) is 2. The third-order valence-electron chi connectivity index (χ3n) is 2.56. The Balaban J connectivity index is 2.33. The number of aromatic nitrogens is 1. The average molecular weight is 294 g/mol. The summed E-state index contributed by atoms with van der Waals surface area (Å²) >= 11 is 0. The zero-order valence-corrected chi connectivity index (χ0v) is 10.8. The van der Waals surface area contributed by atoms with E-state index < -0.39 is 11.9 Å². The number of pyridine rings is 1. The molecule has 1 aromatic carbocycles. The molecule has 0 N–H and O–H groups in total. The van der Waals surface area contributed by atoms with Gasteiger partial charge in [-0.15, -0.1) is 0 Å². The summed E-state index contributed by atoms with van der Waals surface area (Å²) in [5, 5.41) is 9.02. The van der Waals surface area contributed by atoms with Crippen molar-refractivity contribution in [2.45, 2.75) is 6.18 Å². The Bertz CT molecular complexity index is 693.